The standard InChI is InChI=1S/C14H18F3N3O2.C8H6ClFO2/c1-10(5-18-2)6-20-13(21)9-22-8-11-3-4-12(19-7-11)14(15,16)17;9-7-2-1-6(5-8(7)10)12-4-3-11/h3-4,6-7,18H,5,8-9H2,1-2H3,(H,20,21);1-3,5H,4H2/b10-6-;. The normalized spacial score (nSPS) is 11.3. The van der Waals surface area contributed by atoms with E-state index in [1.165, 1.54) is 18.2 Å². The zero-order valence-corrected chi connectivity index (χ0v) is 19.2. The Bertz CT molecular complexity index is 954. The van der Waals surface area contributed by atoms with Gasteiger partial charge in [0.2, 0.25) is 5.91 Å². The second-order valence-electron chi connectivity index (χ2n) is 6.68. The molecule has 0 aliphatic heterocycles. The summed E-state index contributed by atoms with van der Waals surface area (Å²) in [6.07, 6.45) is -1.22. The fourth-order valence-corrected chi connectivity index (χ4v) is 2.33. The fourth-order valence-electron chi connectivity index (χ4n) is 2.21. The number of likely N-dealkylation sites (N-methyl/N-ethyl adjacent to an activating group) is 1. The highest BCUT2D eigenvalue weighted by atomic mass is 35.5. The SMILES string of the molecule is CNC/C(C)=C\NC(=O)COCc1ccc(C(F)(F)F)nc1.O=CCOc1ccc(Cl)c(F)c1. The van der Waals surface area contributed by atoms with Gasteiger partial charge in [-0.05, 0) is 43.3 Å². The number of aromatic nitrogens is 1. The number of aldehydes is 1. The van der Waals surface area contributed by atoms with Gasteiger partial charge < -0.3 is 20.1 Å². The average molecular weight is 506 g/mol. The van der Waals surface area contributed by atoms with Crippen LogP contribution >= 0.6 is 11.6 Å². The summed E-state index contributed by atoms with van der Waals surface area (Å²) in [6.45, 7) is 2.24. The van der Waals surface area contributed by atoms with Gasteiger partial charge in [-0.3, -0.25) is 14.6 Å². The molecule has 0 aliphatic carbocycles. The van der Waals surface area contributed by atoms with Crippen molar-refractivity contribution in [3.63, 3.8) is 0 Å². The first-order chi connectivity index (χ1) is 16.1. The molecule has 0 spiro atoms. The second kappa shape index (κ2) is 15.0. The summed E-state index contributed by atoms with van der Waals surface area (Å²) in [7, 11) is 1.79. The molecule has 0 fully saturated rings. The van der Waals surface area contributed by atoms with Gasteiger partial charge in [0, 0.05) is 25.0 Å². The van der Waals surface area contributed by atoms with Crippen molar-refractivity contribution in [2.75, 3.05) is 26.8 Å². The summed E-state index contributed by atoms with van der Waals surface area (Å²) in [5, 5.41) is 5.52. The van der Waals surface area contributed by atoms with E-state index < -0.39 is 17.7 Å². The van der Waals surface area contributed by atoms with Crippen molar-refractivity contribution in [3.8, 4) is 5.75 Å². The molecule has 0 aliphatic rings. The van der Waals surface area contributed by atoms with Crippen LogP contribution < -0.4 is 15.4 Å². The molecule has 12 heteroatoms. The van der Waals surface area contributed by atoms with Crippen LogP contribution in [0.2, 0.25) is 5.02 Å². The van der Waals surface area contributed by atoms with Gasteiger partial charge in [0.25, 0.3) is 0 Å². The van der Waals surface area contributed by atoms with Crippen molar-refractivity contribution in [2.45, 2.75) is 19.7 Å². The minimum Gasteiger partial charge on any atom is -0.486 e. The van der Waals surface area contributed by atoms with Crippen LogP contribution in [0, 0.1) is 5.82 Å². The number of ether oxygens (including phenoxy) is 2. The molecule has 0 radical (unpaired) electrons. The zero-order chi connectivity index (χ0) is 25.6. The molecule has 1 amide bonds. The molecule has 34 heavy (non-hydrogen) atoms. The summed E-state index contributed by atoms with van der Waals surface area (Å²) in [5.41, 5.74) is 0.449. The number of halogens is 5. The van der Waals surface area contributed by atoms with Crippen LogP contribution in [0.25, 0.3) is 0 Å². The second-order valence-corrected chi connectivity index (χ2v) is 7.09. The Morgan fingerprint density at radius 3 is 2.53 bits per heavy atom. The third-order valence-electron chi connectivity index (χ3n) is 3.76. The molecule has 0 bridgehead atoms. The van der Waals surface area contributed by atoms with Crippen molar-refractivity contribution in [1.82, 2.24) is 15.6 Å². The van der Waals surface area contributed by atoms with Gasteiger partial charge in [0.15, 0.2) is 6.29 Å². The minimum atomic E-state index is -4.46. The lowest BCUT2D eigenvalue weighted by Gasteiger charge is -2.07. The number of nitrogens with zero attached hydrogens (tertiary/aromatic N) is 1. The van der Waals surface area contributed by atoms with Crippen LogP contribution in [-0.2, 0) is 27.1 Å². The Balaban J connectivity index is 0.000000404. The van der Waals surface area contributed by atoms with Gasteiger partial charge in [0.1, 0.15) is 30.5 Å². The Hall–Kier alpha value is -3.02. The fraction of sp³-hybridized carbons (Fsp3) is 0.318. The van der Waals surface area contributed by atoms with Crippen molar-refractivity contribution >= 4 is 23.8 Å². The van der Waals surface area contributed by atoms with Crippen molar-refractivity contribution in [3.05, 3.63) is 70.4 Å². The van der Waals surface area contributed by atoms with E-state index in [1.807, 2.05) is 6.92 Å². The summed E-state index contributed by atoms with van der Waals surface area (Å²) in [5.74, 6) is -0.598. The summed E-state index contributed by atoms with van der Waals surface area (Å²) < 4.78 is 59.6. The monoisotopic (exact) mass is 505 g/mol. The highest BCUT2D eigenvalue weighted by Gasteiger charge is 2.31. The number of carbonyl (C=O) groups excluding carboxylic acids is 2. The predicted octanol–water partition coefficient (Wildman–Crippen LogP) is 3.91. The van der Waals surface area contributed by atoms with E-state index in [0.29, 0.717) is 24.1 Å². The Morgan fingerprint density at radius 2 is 1.97 bits per heavy atom. The number of pyridine rings is 1. The Morgan fingerprint density at radius 1 is 1.24 bits per heavy atom. The molecule has 0 saturated carbocycles. The first-order valence-electron chi connectivity index (χ1n) is 9.77. The Labute approximate surface area is 199 Å². The van der Waals surface area contributed by atoms with Crippen molar-refractivity contribution in [1.29, 1.82) is 0 Å². The maximum atomic E-state index is 12.7. The number of carbonyl (C=O) groups is 2. The molecule has 1 heterocycles. The molecular formula is C22H24ClF4N3O4. The van der Waals surface area contributed by atoms with Gasteiger partial charge in [0.05, 0.1) is 11.6 Å². The molecular weight excluding hydrogens is 482 g/mol. The molecule has 2 aromatic rings. The lowest BCUT2D eigenvalue weighted by Crippen LogP contribution is -2.24. The van der Waals surface area contributed by atoms with E-state index in [9.17, 15) is 27.2 Å². The third kappa shape index (κ3) is 11.7. The van der Waals surface area contributed by atoms with Crippen LogP contribution in [0.1, 0.15) is 18.2 Å². The first-order valence-corrected chi connectivity index (χ1v) is 10.2. The average Bonchev–Trinajstić information content (AvgIpc) is 2.79. The molecule has 0 saturated heterocycles. The summed E-state index contributed by atoms with van der Waals surface area (Å²) in [4.78, 5) is 24.7. The van der Waals surface area contributed by atoms with E-state index in [1.54, 1.807) is 13.2 Å². The molecule has 186 valence electrons. The number of benzene rings is 1. The zero-order valence-electron chi connectivity index (χ0n) is 18.4. The highest BCUT2D eigenvalue weighted by Crippen LogP contribution is 2.27. The number of alkyl halides is 3. The van der Waals surface area contributed by atoms with Gasteiger partial charge in [-0.1, -0.05) is 17.7 Å². The highest BCUT2D eigenvalue weighted by molar-refractivity contribution is 6.30. The van der Waals surface area contributed by atoms with E-state index in [0.717, 1.165) is 23.9 Å². The molecule has 2 N–H and O–H groups in total. The molecule has 7 nitrogen and oxygen atoms in total. The van der Waals surface area contributed by atoms with Gasteiger partial charge in [-0.25, -0.2) is 4.39 Å². The maximum Gasteiger partial charge on any atom is 0.433 e. The lowest BCUT2D eigenvalue weighted by atomic mass is 10.2. The van der Waals surface area contributed by atoms with Crippen LogP contribution in [0.5, 0.6) is 5.75 Å². The Kier molecular flexibility index (Phi) is 12.8. The number of rotatable bonds is 10. The molecule has 1 aromatic carbocycles. The predicted molar refractivity (Wildman–Crippen MR) is 118 cm³/mol. The smallest absolute Gasteiger partial charge is 0.433 e. The van der Waals surface area contributed by atoms with Crippen LogP contribution in [0.3, 0.4) is 0 Å². The number of hydrogen-bond donors (Lipinski definition) is 2. The van der Waals surface area contributed by atoms with Crippen LogP contribution in [0.4, 0.5) is 17.6 Å². The summed E-state index contributed by atoms with van der Waals surface area (Å²) >= 11 is 5.41. The molecule has 0 unspecified atom stereocenters. The lowest BCUT2D eigenvalue weighted by molar-refractivity contribution is -0.141. The molecule has 0 atom stereocenters. The largest absolute Gasteiger partial charge is 0.486 e. The molecule has 2 rings (SSSR count). The maximum absolute atomic E-state index is 12.7. The van der Waals surface area contributed by atoms with Gasteiger partial charge >= 0.3 is 6.18 Å². The number of hydrogen-bond acceptors (Lipinski definition) is 6. The van der Waals surface area contributed by atoms with E-state index >= 15 is 0 Å². The molecule has 1 aromatic heterocycles. The first kappa shape index (κ1) is 29.0. The van der Waals surface area contributed by atoms with Gasteiger partial charge in [-0.15, -0.1) is 0 Å². The van der Waals surface area contributed by atoms with Crippen molar-refractivity contribution in [2.24, 2.45) is 0 Å². The van der Waals surface area contributed by atoms with E-state index in [-0.39, 0.29) is 30.8 Å². The number of amides is 1. The van der Waals surface area contributed by atoms with E-state index in [4.69, 9.17) is 21.1 Å². The quantitative estimate of drug-likeness (QED) is 0.376. The van der Waals surface area contributed by atoms with E-state index in [2.05, 4.69) is 15.6 Å². The van der Waals surface area contributed by atoms with Crippen LogP contribution in [-0.4, -0.2) is 44.0 Å². The van der Waals surface area contributed by atoms with Crippen molar-refractivity contribution < 1.29 is 36.6 Å². The van der Waals surface area contributed by atoms with Crippen LogP contribution in [0.15, 0.2) is 48.3 Å². The third-order valence-corrected chi connectivity index (χ3v) is 4.07. The van der Waals surface area contributed by atoms with Gasteiger partial charge in [-0.2, -0.15) is 13.2 Å². The minimum absolute atomic E-state index is 0.0117. The topological polar surface area (TPSA) is 89.5 Å². The summed E-state index contributed by atoms with van der Waals surface area (Å²) in [6, 6.07) is 6.14. The number of nitrogens with one attached hydrogen (secondary N) is 2.